The fraction of sp³-hybridized carbons (Fsp3) is 0.462. The number of carbonyl (C=O) groups is 1. The van der Waals surface area contributed by atoms with Gasteiger partial charge in [0.05, 0.1) is 32.4 Å². The number of alkyl halides is 3. The first-order valence-electron chi connectivity index (χ1n) is 6.03. The van der Waals surface area contributed by atoms with E-state index in [0.29, 0.717) is 0 Å². The van der Waals surface area contributed by atoms with E-state index in [0.717, 1.165) is 17.0 Å². The van der Waals surface area contributed by atoms with Gasteiger partial charge in [-0.2, -0.15) is 13.2 Å². The topological polar surface area (TPSA) is 49.8 Å². The highest BCUT2D eigenvalue weighted by atomic mass is 19.4. The van der Waals surface area contributed by atoms with Crippen molar-refractivity contribution in [3.63, 3.8) is 0 Å². The van der Waals surface area contributed by atoms with Gasteiger partial charge in [-0.15, -0.1) is 0 Å². The Morgan fingerprint density at radius 2 is 2.05 bits per heavy atom. The maximum Gasteiger partial charge on any atom is 0.401 e. The lowest BCUT2D eigenvalue weighted by Crippen LogP contribution is -2.39. The molecule has 1 aromatic carbocycles. The molecular formula is C13H15F4NO3. The standard InChI is InChI=1S/C13H15F4NO3/c1-21-12-3-2-9(14)6-10(12)11(20)7-18(4-5-19)8-13(15,16)17/h2-3,6,19H,4-5,7-8H2,1H3. The van der Waals surface area contributed by atoms with E-state index in [1.54, 1.807) is 0 Å². The molecule has 0 spiro atoms. The van der Waals surface area contributed by atoms with Gasteiger partial charge >= 0.3 is 6.18 Å². The number of ketones is 1. The van der Waals surface area contributed by atoms with Crippen molar-refractivity contribution >= 4 is 5.78 Å². The smallest absolute Gasteiger partial charge is 0.401 e. The molecule has 0 aliphatic rings. The van der Waals surface area contributed by atoms with Crippen LogP contribution in [0.1, 0.15) is 10.4 Å². The van der Waals surface area contributed by atoms with E-state index in [1.165, 1.54) is 13.2 Å². The van der Waals surface area contributed by atoms with Gasteiger partial charge in [-0.3, -0.25) is 9.69 Å². The number of hydrogen-bond acceptors (Lipinski definition) is 4. The second-order valence-corrected chi connectivity index (χ2v) is 4.32. The molecule has 118 valence electrons. The Balaban J connectivity index is 2.89. The highest BCUT2D eigenvalue weighted by Gasteiger charge is 2.31. The van der Waals surface area contributed by atoms with Crippen molar-refractivity contribution in [2.45, 2.75) is 6.18 Å². The fourth-order valence-electron chi connectivity index (χ4n) is 1.80. The zero-order valence-electron chi connectivity index (χ0n) is 11.3. The molecule has 8 heteroatoms. The summed E-state index contributed by atoms with van der Waals surface area (Å²) in [6.45, 7) is -2.77. The van der Waals surface area contributed by atoms with Crippen LogP contribution in [0.3, 0.4) is 0 Å². The summed E-state index contributed by atoms with van der Waals surface area (Å²) in [5, 5.41) is 8.76. The average molecular weight is 309 g/mol. The van der Waals surface area contributed by atoms with Crippen molar-refractivity contribution in [2.75, 3.05) is 33.4 Å². The minimum atomic E-state index is -4.50. The van der Waals surface area contributed by atoms with Crippen LogP contribution < -0.4 is 4.74 Å². The average Bonchev–Trinajstić information content (AvgIpc) is 2.37. The summed E-state index contributed by atoms with van der Waals surface area (Å²) in [7, 11) is 1.27. The van der Waals surface area contributed by atoms with Gasteiger partial charge in [0.25, 0.3) is 0 Å². The van der Waals surface area contributed by atoms with Gasteiger partial charge in [0.2, 0.25) is 0 Å². The summed E-state index contributed by atoms with van der Waals surface area (Å²) in [6, 6.07) is 3.21. The number of halogens is 4. The normalized spacial score (nSPS) is 11.8. The molecule has 1 aromatic rings. The van der Waals surface area contributed by atoms with E-state index in [4.69, 9.17) is 9.84 Å². The van der Waals surface area contributed by atoms with Crippen molar-refractivity contribution in [1.29, 1.82) is 0 Å². The summed E-state index contributed by atoms with van der Waals surface area (Å²) in [5.41, 5.74) is -0.136. The Labute approximate surface area is 118 Å². The molecule has 0 saturated heterocycles. The van der Waals surface area contributed by atoms with Gasteiger partial charge in [-0.1, -0.05) is 0 Å². The Morgan fingerprint density at radius 1 is 1.38 bits per heavy atom. The first-order chi connectivity index (χ1) is 9.76. The number of aliphatic hydroxyl groups is 1. The molecule has 4 nitrogen and oxygen atoms in total. The molecule has 0 aromatic heterocycles. The van der Waals surface area contributed by atoms with Gasteiger partial charge < -0.3 is 9.84 Å². The number of aliphatic hydroxyl groups excluding tert-OH is 1. The summed E-state index contributed by atoms with van der Waals surface area (Å²) in [5.74, 6) is -1.33. The predicted molar refractivity (Wildman–Crippen MR) is 66.9 cm³/mol. The third-order valence-corrected chi connectivity index (χ3v) is 2.65. The van der Waals surface area contributed by atoms with Crippen LogP contribution in [0.25, 0.3) is 0 Å². The first kappa shape index (κ1) is 17.4. The maximum atomic E-state index is 13.2. The third-order valence-electron chi connectivity index (χ3n) is 2.65. The van der Waals surface area contributed by atoms with Crippen LogP contribution >= 0.6 is 0 Å². The lowest BCUT2D eigenvalue weighted by molar-refractivity contribution is -0.145. The molecule has 0 atom stereocenters. The van der Waals surface area contributed by atoms with E-state index in [2.05, 4.69) is 0 Å². The lowest BCUT2D eigenvalue weighted by Gasteiger charge is -2.22. The van der Waals surface area contributed by atoms with E-state index in [9.17, 15) is 22.4 Å². The quantitative estimate of drug-likeness (QED) is 0.617. The van der Waals surface area contributed by atoms with Crippen LogP contribution in [0.2, 0.25) is 0 Å². The molecule has 0 aliphatic carbocycles. The molecule has 1 rings (SSSR count). The van der Waals surface area contributed by atoms with E-state index >= 15 is 0 Å². The van der Waals surface area contributed by atoms with Gasteiger partial charge in [0, 0.05) is 6.54 Å². The number of carbonyl (C=O) groups excluding carboxylic acids is 1. The minimum Gasteiger partial charge on any atom is -0.496 e. The van der Waals surface area contributed by atoms with Crippen LogP contribution in [0.15, 0.2) is 18.2 Å². The Morgan fingerprint density at radius 3 is 2.57 bits per heavy atom. The van der Waals surface area contributed by atoms with Crippen molar-refractivity contribution in [3.05, 3.63) is 29.6 Å². The highest BCUT2D eigenvalue weighted by molar-refractivity contribution is 6.00. The monoisotopic (exact) mass is 309 g/mol. The van der Waals surface area contributed by atoms with Crippen LogP contribution in [0.5, 0.6) is 5.75 Å². The van der Waals surface area contributed by atoms with Crippen molar-refractivity contribution in [3.8, 4) is 5.75 Å². The molecule has 0 saturated carbocycles. The summed E-state index contributed by atoms with van der Waals surface area (Å²) < 4.78 is 55.2. The SMILES string of the molecule is COc1ccc(F)cc1C(=O)CN(CCO)CC(F)(F)F. The summed E-state index contributed by atoms with van der Waals surface area (Å²) in [6.07, 6.45) is -4.50. The Bertz CT molecular complexity index is 491. The zero-order valence-corrected chi connectivity index (χ0v) is 11.3. The molecule has 0 radical (unpaired) electrons. The molecule has 0 bridgehead atoms. The van der Waals surface area contributed by atoms with Gasteiger partial charge in [-0.25, -0.2) is 4.39 Å². The highest BCUT2D eigenvalue weighted by Crippen LogP contribution is 2.21. The number of nitrogens with zero attached hydrogens (tertiary/aromatic N) is 1. The van der Waals surface area contributed by atoms with Crippen LogP contribution in [-0.4, -0.2) is 55.3 Å². The summed E-state index contributed by atoms with van der Waals surface area (Å²) >= 11 is 0. The first-order valence-corrected chi connectivity index (χ1v) is 6.03. The second kappa shape index (κ2) is 7.37. The number of benzene rings is 1. The van der Waals surface area contributed by atoms with Crippen LogP contribution in [0, 0.1) is 5.82 Å². The molecule has 0 fully saturated rings. The Kier molecular flexibility index (Phi) is 6.10. The van der Waals surface area contributed by atoms with Crippen LogP contribution in [-0.2, 0) is 0 Å². The molecule has 1 N–H and O–H groups in total. The minimum absolute atomic E-state index is 0.0809. The summed E-state index contributed by atoms with van der Waals surface area (Å²) in [4.78, 5) is 12.8. The van der Waals surface area contributed by atoms with Crippen molar-refractivity contribution in [1.82, 2.24) is 4.90 Å². The van der Waals surface area contributed by atoms with Gasteiger partial charge in [-0.05, 0) is 18.2 Å². The maximum absolute atomic E-state index is 13.2. The van der Waals surface area contributed by atoms with E-state index in [1.807, 2.05) is 0 Å². The molecule has 0 aliphatic heterocycles. The molecule has 0 amide bonds. The Hall–Kier alpha value is -1.67. The molecule has 0 unspecified atom stereocenters. The predicted octanol–water partition coefficient (Wildman–Crippen LogP) is 1.87. The van der Waals surface area contributed by atoms with E-state index < -0.39 is 37.5 Å². The van der Waals surface area contributed by atoms with Crippen molar-refractivity contribution in [2.24, 2.45) is 0 Å². The molecule has 21 heavy (non-hydrogen) atoms. The van der Waals surface area contributed by atoms with Crippen molar-refractivity contribution < 1.29 is 32.2 Å². The lowest BCUT2D eigenvalue weighted by atomic mass is 10.1. The number of ether oxygens (including phenoxy) is 1. The third kappa shape index (κ3) is 5.68. The number of hydrogen-bond donors (Lipinski definition) is 1. The largest absolute Gasteiger partial charge is 0.496 e. The molecule has 0 heterocycles. The zero-order chi connectivity index (χ0) is 16.0. The molecular weight excluding hydrogens is 294 g/mol. The number of rotatable bonds is 7. The number of methoxy groups -OCH3 is 1. The van der Waals surface area contributed by atoms with Gasteiger partial charge in [0.15, 0.2) is 5.78 Å². The van der Waals surface area contributed by atoms with Crippen LogP contribution in [0.4, 0.5) is 17.6 Å². The fourth-order valence-corrected chi connectivity index (χ4v) is 1.80. The second-order valence-electron chi connectivity index (χ2n) is 4.32. The number of Topliss-reactive ketones (excluding diaryl/α,β-unsaturated/α-hetero) is 1. The van der Waals surface area contributed by atoms with E-state index in [-0.39, 0.29) is 17.9 Å². The van der Waals surface area contributed by atoms with Gasteiger partial charge in [0.1, 0.15) is 11.6 Å².